The lowest BCUT2D eigenvalue weighted by Gasteiger charge is -2.36. The number of carbonyl (C=O) groups is 1. The summed E-state index contributed by atoms with van der Waals surface area (Å²) in [4.78, 5) is 18.8. The van der Waals surface area contributed by atoms with E-state index in [-0.39, 0.29) is 11.5 Å². The number of halogens is 4. The Kier molecular flexibility index (Phi) is 17.8. The fraction of sp³-hybridized carbons (Fsp3) is 0.380. The standard InChI is InChI=1S/C50H58ClF3N6O6S3/c1-58(27-7-28-59-32-25-55-26-33-59)29-24-40(35-67-42-8-3-2-4-9-42)56-46-21-20-43(34-47(46)68(63,64)50(52,53)54)69(65,66)57-49(62)38-14-18-41(19-15-38)60-30-22-37(23-31-60)48(61)45-11-6-5-10-44(45)36-12-16-39(51)17-13-36/h2-6,8-21,34,37,40,48,55-56,61H,7,22-33,35H2,1H3,(H,57,62)/t40-,48-/m1/s1. The summed E-state index contributed by atoms with van der Waals surface area (Å²) in [5, 5.41) is 18.5. The van der Waals surface area contributed by atoms with Gasteiger partial charge in [-0.05, 0) is 142 Å². The highest BCUT2D eigenvalue weighted by Crippen LogP contribution is 2.39. The molecule has 12 nitrogen and oxygen atoms in total. The SMILES string of the molecule is CN(CCCN1CCNCC1)CC[C@H](CSc1ccccc1)Nc1ccc(S(=O)(=O)NC(=O)c2ccc(N3CCC([C@@H](O)c4ccccc4-c4ccc(Cl)cc4)CC3)cc2)cc1S(=O)(=O)C(F)(F)F. The molecule has 5 aromatic carbocycles. The number of thioether (sulfide) groups is 1. The second-order valence-electron chi connectivity index (χ2n) is 17.5. The largest absolute Gasteiger partial charge is 0.501 e. The van der Waals surface area contributed by atoms with E-state index in [9.17, 15) is 39.9 Å². The van der Waals surface area contributed by atoms with Gasteiger partial charge in [-0.3, -0.25) is 4.79 Å². The molecular weight excluding hydrogens is 969 g/mol. The first-order valence-corrected chi connectivity index (χ1v) is 27.3. The van der Waals surface area contributed by atoms with Crippen molar-refractivity contribution in [3.8, 4) is 11.1 Å². The van der Waals surface area contributed by atoms with Crippen LogP contribution < -0.4 is 20.3 Å². The quantitative estimate of drug-likeness (QED) is 0.0554. The van der Waals surface area contributed by atoms with Gasteiger partial charge in [0.25, 0.3) is 25.8 Å². The van der Waals surface area contributed by atoms with Gasteiger partial charge >= 0.3 is 5.51 Å². The molecule has 0 saturated carbocycles. The fourth-order valence-corrected chi connectivity index (χ4v) is 11.8. The average molecular weight is 1030 g/mol. The number of alkyl halides is 3. The molecule has 2 saturated heterocycles. The molecule has 0 bridgehead atoms. The van der Waals surface area contributed by atoms with Gasteiger partial charge in [0.05, 0.1) is 16.7 Å². The molecule has 2 heterocycles. The highest BCUT2D eigenvalue weighted by Gasteiger charge is 2.48. The summed E-state index contributed by atoms with van der Waals surface area (Å²) < 4.78 is 98.3. The predicted octanol–water partition coefficient (Wildman–Crippen LogP) is 8.56. The highest BCUT2D eigenvalue weighted by molar-refractivity contribution is 7.99. The summed E-state index contributed by atoms with van der Waals surface area (Å²) in [6, 6.07) is 32.7. The molecular formula is C50H58ClF3N6O6S3. The van der Waals surface area contributed by atoms with Crippen LogP contribution in [0.3, 0.4) is 0 Å². The lowest BCUT2D eigenvalue weighted by Crippen LogP contribution is -2.44. The number of aliphatic hydroxyl groups is 1. The van der Waals surface area contributed by atoms with Crippen LogP contribution in [0.25, 0.3) is 11.1 Å². The Morgan fingerprint density at radius 3 is 2.22 bits per heavy atom. The van der Waals surface area contributed by atoms with Gasteiger partial charge in [0.1, 0.15) is 4.90 Å². The first kappa shape index (κ1) is 52.2. The summed E-state index contributed by atoms with van der Waals surface area (Å²) >= 11 is 7.56. The van der Waals surface area contributed by atoms with E-state index in [0.717, 1.165) is 85.1 Å². The molecule has 2 atom stereocenters. The number of piperazine rings is 1. The number of nitrogens with one attached hydrogen (secondary N) is 3. The van der Waals surface area contributed by atoms with Crippen molar-refractivity contribution in [2.45, 2.75) is 58.0 Å². The second-order valence-corrected chi connectivity index (χ2v) is 22.6. The van der Waals surface area contributed by atoms with Gasteiger partial charge in [-0.15, -0.1) is 11.8 Å². The van der Waals surface area contributed by atoms with Crippen LogP contribution in [0.15, 0.2) is 136 Å². The van der Waals surface area contributed by atoms with Crippen molar-refractivity contribution in [1.29, 1.82) is 0 Å². The van der Waals surface area contributed by atoms with Crippen molar-refractivity contribution in [2.24, 2.45) is 5.92 Å². The van der Waals surface area contributed by atoms with Crippen LogP contribution in [-0.2, 0) is 19.9 Å². The Morgan fingerprint density at radius 2 is 1.54 bits per heavy atom. The first-order chi connectivity index (χ1) is 33.0. The van der Waals surface area contributed by atoms with Crippen molar-refractivity contribution in [2.75, 3.05) is 81.9 Å². The Bertz CT molecular complexity index is 2710. The molecule has 4 N–H and O–H groups in total. The molecule has 0 radical (unpaired) electrons. The molecule has 0 aliphatic carbocycles. The summed E-state index contributed by atoms with van der Waals surface area (Å²) in [5.74, 6) is -0.711. The Morgan fingerprint density at radius 1 is 0.870 bits per heavy atom. The van der Waals surface area contributed by atoms with Gasteiger partial charge in [0.2, 0.25) is 0 Å². The minimum absolute atomic E-state index is 0.0176. The maximum absolute atomic E-state index is 14.3. The van der Waals surface area contributed by atoms with Crippen LogP contribution in [0.5, 0.6) is 0 Å². The molecule has 2 aliphatic heterocycles. The third kappa shape index (κ3) is 13.8. The van der Waals surface area contributed by atoms with E-state index < -0.39 is 58.9 Å². The minimum Gasteiger partial charge on any atom is -0.388 e. The number of anilines is 2. The van der Waals surface area contributed by atoms with E-state index in [1.165, 1.54) is 23.9 Å². The van der Waals surface area contributed by atoms with E-state index in [2.05, 4.69) is 25.3 Å². The summed E-state index contributed by atoms with van der Waals surface area (Å²) in [7, 11) is -8.99. The van der Waals surface area contributed by atoms with Gasteiger partial charge in [-0.2, -0.15) is 13.2 Å². The second kappa shape index (κ2) is 23.5. The van der Waals surface area contributed by atoms with Crippen LogP contribution in [0.1, 0.15) is 47.7 Å². The van der Waals surface area contributed by atoms with Crippen molar-refractivity contribution in [3.63, 3.8) is 0 Å². The molecule has 0 spiro atoms. The number of hydrogen-bond acceptors (Lipinski definition) is 12. The maximum Gasteiger partial charge on any atom is 0.501 e. The lowest BCUT2D eigenvalue weighted by molar-refractivity contribution is -0.0435. The molecule has 0 aromatic heterocycles. The number of amides is 1. The summed E-state index contributed by atoms with van der Waals surface area (Å²) in [5.41, 5.74) is -2.72. The maximum atomic E-state index is 14.3. The van der Waals surface area contributed by atoms with E-state index in [1.54, 1.807) is 12.1 Å². The van der Waals surface area contributed by atoms with Gasteiger partial charge in [-0.1, -0.05) is 66.2 Å². The summed E-state index contributed by atoms with van der Waals surface area (Å²) in [6.07, 6.45) is 2.02. The predicted molar refractivity (Wildman–Crippen MR) is 268 cm³/mol. The molecule has 69 heavy (non-hydrogen) atoms. The van der Waals surface area contributed by atoms with Gasteiger partial charge in [-0.25, -0.2) is 21.6 Å². The fourth-order valence-electron chi connectivity index (χ4n) is 8.69. The van der Waals surface area contributed by atoms with E-state index in [1.807, 2.05) is 90.6 Å². The van der Waals surface area contributed by atoms with Gasteiger partial charge < -0.3 is 30.4 Å². The van der Waals surface area contributed by atoms with Gasteiger partial charge in [0.15, 0.2) is 0 Å². The van der Waals surface area contributed by atoms with Crippen LogP contribution >= 0.6 is 23.4 Å². The third-order valence-corrected chi connectivity index (χ3v) is 16.9. The molecule has 370 valence electrons. The zero-order valence-corrected chi connectivity index (χ0v) is 41.5. The molecule has 0 unspecified atom stereocenters. The zero-order chi connectivity index (χ0) is 49.2. The van der Waals surface area contributed by atoms with E-state index in [0.29, 0.717) is 55.7 Å². The number of carbonyl (C=O) groups excluding carboxylic acids is 1. The summed E-state index contributed by atoms with van der Waals surface area (Å²) in [6.45, 7) is 7.36. The molecule has 2 fully saturated rings. The Balaban J connectivity index is 1.01. The Labute approximate surface area is 412 Å². The monoisotopic (exact) mass is 1030 g/mol. The van der Waals surface area contributed by atoms with Crippen LogP contribution in [-0.4, -0.2) is 121 Å². The van der Waals surface area contributed by atoms with Crippen LogP contribution in [0.2, 0.25) is 5.02 Å². The number of sulfonamides is 1. The number of sulfone groups is 1. The molecule has 19 heteroatoms. The van der Waals surface area contributed by atoms with Crippen molar-refractivity contribution in [3.05, 3.63) is 137 Å². The average Bonchev–Trinajstić information content (AvgIpc) is 3.35. The highest BCUT2D eigenvalue weighted by atomic mass is 35.5. The van der Waals surface area contributed by atoms with Crippen LogP contribution in [0, 0.1) is 5.92 Å². The normalized spacial score (nSPS) is 16.3. The number of nitrogens with zero attached hydrogens (tertiary/aromatic N) is 3. The number of aliphatic hydroxyl groups excluding tert-OH is 1. The third-order valence-electron chi connectivity index (χ3n) is 12.6. The lowest BCUT2D eigenvalue weighted by atomic mass is 9.84. The van der Waals surface area contributed by atoms with Crippen molar-refractivity contribution < 1.29 is 39.9 Å². The minimum atomic E-state index is -6.08. The van der Waals surface area contributed by atoms with Crippen molar-refractivity contribution >= 4 is 60.5 Å². The number of benzene rings is 5. The molecule has 2 aliphatic rings. The van der Waals surface area contributed by atoms with Crippen molar-refractivity contribution in [1.82, 2.24) is 19.8 Å². The number of rotatable bonds is 20. The van der Waals surface area contributed by atoms with E-state index >= 15 is 0 Å². The smallest absolute Gasteiger partial charge is 0.388 e. The van der Waals surface area contributed by atoms with Crippen LogP contribution in [0.4, 0.5) is 24.5 Å². The first-order valence-electron chi connectivity index (χ1n) is 22.9. The Hall–Kier alpha value is -4.66. The topological polar surface area (TPSA) is 151 Å². The zero-order valence-electron chi connectivity index (χ0n) is 38.2. The molecule has 5 aromatic rings. The number of piperidine rings is 1. The van der Waals surface area contributed by atoms with E-state index in [4.69, 9.17) is 11.6 Å². The molecule has 1 amide bonds. The molecule has 7 rings (SSSR count). The van der Waals surface area contributed by atoms with Gasteiger partial charge in [0, 0.05) is 72.2 Å². The number of hydrogen-bond donors (Lipinski definition) is 4.